The van der Waals surface area contributed by atoms with Gasteiger partial charge in [-0.3, -0.25) is 14.4 Å². The van der Waals surface area contributed by atoms with E-state index >= 15 is 4.79 Å². The van der Waals surface area contributed by atoms with Crippen LogP contribution in [0.3, 0.4) is 0 Å². The van der Waals surface area contributed by atoms with Crippen molar-refractivity contribution >= 4 is 34.4 Å². The first-order chi connectivity index (χ1) is 20.8. The highest BCUT2D eigenvalue weighted by Gasteiger charge is 2.70. The highest BCUT2D eigenvalue weighted by atomic mass is 16.2. The minimum absolute atomic E-state index is 0.169. The number of allylic oxidation sites excluding steroid dienone is 1. The van der Waals surface area contributed by atoms with E-state index in [9.17, 15) is 9.59 Å². The number of ketones is 2. The third-order valence-corrected chi connectivity index (χ3v) is 9.38. The van der Waals surface area contributed by atoms with Crippen LogP contribution in [0.1, 0.15) is 58.2 Å². The summed E-state index contributed by atoms with van der Waals surface area (Å²) in [5, 5.41) is 3.11. The van der Waals surface area contributed by atoms with Gasteiger partial charge in [-0.15, -0.1) is 0 Å². The molecule has 4 atom stereocenters. The van der Waals surface area contributed by atoms with Crippen LogP contribution in [0.2, 0.25) is 0 Å². The van der Waals surface area contributed by atoms with Gasteiger partial charge in [0, 0.05) is 28.1 Å². The Morgan fingerprint density at radius 2 is 1.47 bits per heavy atom. The molecular weight excluding hydrogens is 532 g/mol. The van der Waals surface area contributed by atoms with Gasteiger partial charge in [0.1, 0.15) is 11.5 Å². The maximum Gasteiger partial charge on any atom is 0.238 e. The van der Waals surface area contributed by atoms with Gasteiger partial charge >= 0.3 is 0 Å². The molecule has 1 fully saturated rings. The molecule has 0 radical (unpaired) electrons. The predicted molar refractivity (Wildman–Crippen MR) is 170 cm³/mol. The van der Waals surface area contributed by atoms with Gasteiger partial charge in [0.2, 0.25) is 5.91 Å². The summed E-state index contributed by atoms with van der Waals surface area (Å²) >= 11 is 0. The Bertz CT molecular complexity index is 1790. The van der Waals surface area contributed by atoms with E-state index in [1.807, 2.05) is 97.9 Å². The normalized spacial score (nSPS) is 23.4. The molecule has 0 aromatic heterocycles. The summed E-state index contributed by atoms with van der Waals surface area (Å²) in [6, 6.07) is 31.0. The highest BCUT2D eigenvalue weighted by molar-refractivity contribution is 6.18. The Balaban J connectivity index is 1.50. The monoisotopic (exact) mass is 566 g/mol. The van der Waals surface area contributed by atoms with E-state index in [2.05, 4.69) is 30.1 Å². The van der Waals surface area contributed by atoms with Crippen LogP contribution < -0.4 is 10.2 Å². The largest absolute Gasteiger partial charge is 0.352 e. The number of anilines is 2. The zero-order valence-corrected chi connectivity index (χ0v) is 24.6. The number of carbonyl (C=O) groups excluding carboxylic acids is 3. The van der Waals surface area contributed by atoms with Gasteiger partial charge in [0.05, 0.1) is 12.0 Å². The molecule has 0 unspecified atom stereocenters. The van der Waals surface area contributed by atoms with Crippen LogP contribution in [0.25, 0.3) is 5.57 Å². The average Bonchev–Trinajstić information content (AvgIpc) is 3.49. The van der Waals surface area contributed by atoms with Gasteiger partial charge in [0.25, 0.3) is 0 Å². The molecule has 4 aromatic rings. The molecule has 5 heteroatoms. The van der Waals surface area contributed by atoms with Crippen molar-refractivity contribution in [2.24, 2.45) is 11.8 Å². The van der Waals surface area contributed by atoms with Gasteiger partial charge in [-0.25, -0.2) is 0 Å². The Labute approximate surface area is 252 Å². The van der Waals surface area contributed by atoms with E-state index in [0.29, 0.717) is 22.7 Å². The minimum atomic E-state index is -1.31. The first kappa shape index (κ1) is 27.1. The van der Waals surface area contributed by atoms with Crippen molar-refractivity contribution in [2.45, 2.75) is 44.7 Å². The number of para-hydroxylation sites is 2. The van der Waals surface area contributed by atoms with E-state index in [0.717, 1.165) is 34.4 Å². The van der Waals surface area contributed by atoms with Crippen molar-refractivity contribution in [3.05, 3.63) is 137 Å². The summed E-state index contributed by atoms with van der Waals surface area (Å²) in [4.78, 5) is 46.3. The number of benzene rings is 4. The van der Waals surface area contributed by atoms with Crippen molar-refractivity contribution in [1.82, 2.24) is 0 Å². The Morgan fingerprint density at radius 1 is 0.814 bits per heavy atom. The molecule has 0 bridgehead atoms. The van der Waals surface area contributed by atoms with Crippen LogP contribution in [0.15, 0.2) is 109 Å². The standard InChI is InChI=1S/C38H34N2O3/c1-23(2)21-25-17-19-27(20-18-25)35(41)33-34(36(42)26-11-5-4-6-12-26)40-31-16-10-7-13-28(31)24(3)22-32(40)38(33)29-14-8-9-15-30(29)39-37(38)43/h4-20,22-23,32-34H,21H2,1-3H3,(H,39,43)/t32-,33+,34-,38+/m0/s1. The fraction of sp³-hybridized carbons (Fsp3) is 0.237. The number of carbonyl (C=O) groups is 3. The molecular formula is C38H34N2O3. The van der Waals surface area contributed by atoms with Crippen LogP contribution in [0.5, 0.6) is 0 Å². The number of hydrogen-bond donors (Lipinski definition) is 1. The van der Waals surface area contributed by atoms with E-state index < -0.39 is 23.4 Å². The van der Waals surface area contributed by atoms with Crippen molar-refractivity contribution in [2.75, 3.05) is 10.2 Å². The molecule has 3 aliphatic rings. The molecule has 5 nitrogen and oxygen atoms in total. The highest BCUT2D eigenvalue weighted by Crippen LogP contribution is 2.58. The Morgan fingerprint density at radius 3 is 2.21 bits per heavy atom. The summed E-state index contributed by atoms with van der Waals surface area (Å²) in [5.74, 6) is -1.10. The number of nitrogens with one attached hydrogen (secondary N) is 1. The number of nitrogens with zero attached hydrogens (tertiary/aromatic N) is 1. The average molecular weight is 567 g/mol. The second-order valence-electron chi connectivity index (χ2n) is 12.4. The van der Waals surface area contributed by atoms with E-state index in [-0.39, 0.29) is 17.5 Å². The molecule has 1 saturated heterocycles. The lowest BCUT2D eigenvalue weighted by molar-refractivity contribution is -0.121. The van der Waals surface area contributed by atoms with Crippen molar-refractivity contribution in [1.29, 1.82) is 0 Å². The number of amides is 1. The molecule has 214 valence electrons. The lowest BCUT2D eigenvalue weighted by Gasteiger charge is -2.39. The predicted octanol–water partition coefficient (Wildman–Crippen LogP) is 7.13. The third kappa shape index (κ3) is 4.02. The third-order valence-electron chi connectivity index (χ3n) is 9.38. The summed E-state index contributed by atoms with van der Waals surface area (Å²) in [5.41, 5.74) is 5.19. The van der Waals surface area contributed by atoms with Gasteiger partial charge in [-0.1, -0.05) is 111 Å². The number of hydrogen-bond acceptors (Lipinski definition) is 4. The van der Waals surface area contributed by atoms with Gasteiger partial charge in [-0.05, 0) is 48.1 Å². The lowest BCUT2D eigenvalue weighted by Crippen LogP contribution is -2.51. The van der Waals surface area contributed by atoms with Crippen molar-refractivity contribution < 1.29 is 14.4 Å². The van der Waals surface area contributed by atoms with Gasteiger partial charge in [-0.2, -0.15) is 0 Å². The van der Waals surface area contributed by atoms with Crippen LogP contribution in [-0.4, -0.2) is 29.6 Å². The molecule has 3 aliphatic heterocycles. The second-order valence-corrected chi connectivity index (χ2v) is 12.4. The van der Waals surface area contributed by atoms with Crippen LogP contribution in [0.4, 0.5) is 11.4 Å². The molecule has 1 amide bonds. The maximum atomic E-state index is 15.0. The van der Waals surface area contributed by atoms with E-state index in [1.54, 1.807) is 12.1 Å². The van der Waals surface area contributed by atoms with E-state index in [1.165, 1.54) is 0 Å². The molecule has 43 heavy (non-hydrogen) atoms. The Kier molecular flexibility index (Phi) is 6.42. The van der Waals surface area contributed by atoms with Crippen molar-refractivity contribution in [3.63, 3.8) is 0 Å². The molecule has 1 spiro atoms. The summed E-state index contributed by atoms with van der Waals surface area (Å²) < 4.78 is 0. The van der Waals surface area contributed by atoms with Crippen LogP contribution >= 0.6 is 0 Å². The molecule has 0 aliphatic carbocycles. The molecule has 3 heterocycles. The maximum absolute atomic E-state index is 15.0. The summed E-state index contributed by atoms with van der Waals surface area (Å²) in [7, 11) is 0. The molecule has 0 saturated carbocycles. The van der Waals surface area contributed by atoms with Crippen molar-refractivity contribution in [3.8, 4) is 0 Å². The molecule has 4 aromatic carbocycles. The topological polar surface area (TPSA) is 66.5 Å². The molecule has 7 rings (SSSR count). The smallest absolute Gasteiger partial charge is 0.238 e. The lowest BCUT2D eigenvalue weighted by atomic mass is 9.64. The molecule has 1 N–H and O–H groups in total. The SMILES string of the molecule is CC1=C[C@@H]2N(c3ccccc31)[C@H](C(=O)c1ccccc1)[C@H](C(=O)c1ccc(CC(C)C)cc1)[C@]21C(=O)Nc2ccccc21. The number of fused-ring (bicyclic) bond motifs is 6. The fourth-order valence-electron chi connectivity index (χ4n) is 7.62. The second kappa shape index (κ2) is 10.2. The zero-order valence-electron chi connectivity index (χ0n) is 24.6. The fourth-order valence-corrected chi connectivity index (χ4v) is 7.62. The summed E-state index contributed by atoms with van der Waals surface area (Å²) in [6.07, 6.45) is 3.00. The first-order valence-corrected chi connectivity index (χ1v) is 15.0. The quantitative estimate of drug-likeness (QED) is 0.252. The minimum Gasteiger partial charge on any atom is -0.352 e. The first-order valence-electron chi connectivity index (χ1n) is 15.0. The van der Waals surface area contributed by atoms with Crippen LogP contribution in [0, 0.1) is 11.8 Å². The Hall–Kier alpha value is -4.77. The summed E-state index contributed by atoms with van der Waals surface area (Å²) in [6.45, 7) is 6.38. The van der Waals surface area contributed by atoms with Gasteiger partial charge < -0.3 is 10.2 Å². The van der Waals surface area contributed by atoms with Crippen LogP contribution in [-0.2, 0) is 16.6 Å². The van der Waals surface area contributed by atoms with Gasteiger partial charge in [0.15, 0.2) is 11.6 Å². The zero-order chi connectivity index (χ0) is 29.9. The number of Topliss-reactive ketones (excluding diaryl/α,β-unsaturated/α-hetero) is 2. The van der Waals surface area contributed by atoms with E-state index in [4.69, 9.17) is 0 Å². The number of rotatable bonds is 6.